The zero-order chi connectivity index (χ0) is 64.2. The lowest BCUT2D eigenvalue weighted by molar-refractivity contribution is -0.197. The van der Waals surface area contributed by atoms with Gasteiger partial charge < -0.3 is 80.6 Å². The van der Waals surface area contributed by atoms with E-state index in [1.54, 1.807) is 0 Å². The van der Waals surface area contributed by atoms with Crippen LogP contribution in [0.2, 0.25) is 0 Å². The number of methoxy groups -OCH3 is 2. The van der Waals surface area contributed by atoms with Gasteiger partial charge in [0.1, 0.15) is 53.8 Å². The van der Waals surface area contributed by atoms with Gasteiger partial charge in [0.05, 0.1) is 71.5 Å². The van der Waals surface area contributed by atoms with E-state index < -0.39 is 59.1 Å². The number of Topliss-reactive ketones (excluding diaryl/α,β-unsaturated/α-hetero) is 2. The van der Waals surface area contributed by atoms with Gasteiger partial charge in [-0.2, -0.15) is 0 Å². The van der Waals surface area contributed by atoms with Crippen LogP contribution in [-0.2, 0) is 58.8 Å². The van der Waals surface area contributed by atoms with Gasteiger partial charge in [0, 0.05) is 43.9 Å². The quantitative estimate of drug-likeness (QED) is 0.0207. The molecule has 4 aliphatic rings. The van der Waals surface area contributed by atoms with Gasteiger partial charge in [-0.3, -0.25) is 33.6 Å². The van der Waals surface area contributed by atoms with Crippen molar-refractivity contribution in [2.75, 3.05) is 85.5 Å². The van der Waals surface area contributed by atoms with Gasteiger partial charge in [-0.05, 0) is 124 Å². The van der Waals surface area contributed by atoms with E-state index in [9.17, 15) is 53.7 Å². The number of esters is 1. The monoisotopic (exact) mass is 1240 g/mol. The second-order valence-corrected chi connectivity index (χ2v) is 24.8. The first-order chi connectivity index (χ1) is 42.0. The van der Waals surface area contributed by atoms with Crippen LogP contribution in [0.3, 0.4) is 0 Å². The van der Waals surface area contributed by atoms with Crippen LogP contribution in [0.5, 0.6) is 23.0 Å². The van der Waals surface area contributed by atoms with Gasteiger partial charge >= 0.3 is 12.1 Å². The van der Waals surface area contributed by atoms with E-state index in [2.05, 4.69) is 36.7 Å². The average Bonchev–Trinajstić information content (AvgIpc) is 1.32. The molecular weight excluding hydrogens is 1140 g/mol. The van der Waals surface area contributed by atoms with E-state index in [1.807, 2.05) is 6.92 Å². The molecule has 5 amide bonds. The Balaban J connectivity index is 0.939. The number of ketones is 2. The fourth-order valence-corrected chi connectivity index (χ4v) is 14.7. The normalized spacial score (nSPS) is 24.3. The zero-order valence-corrected chi connectivity index (χ0v) is 52.2. The predicted octanol–water partition coefficient (Wildman–Crippen LogP) is 6.37. The number of aliphatic hydroxyl groups is 1. The Kier molecular flexibility index (Phi) is 26.7. The summed E-state index contributed by atoms with van der Waals surface area (Å²) in [5.74, 6) is -3.75. The van der Waals surface area contributed by atoms with Crippen LogP contribution in [0.15, 0.2) is 24.3 Å². The van der Waals surface area contributed by atoms with Crippen LogP contribution < -0.4 is 36.9 Å². The maximum Gasteiger partial charge on any atom is 0.407 e. The number of nitrogens with two attached hydrogens (primary N) is 2. The molecule has 10 atom stereocenters. The maximum absolute atomic E-state index is 13.9. The molecule has 10 N–H and O–H groups in total. The topological polar surface area (TPSA) is 359 Å². The molecule has 6 rings (SSSR count). The number of carbonyl (C=O) groups excluding carboxylic acids is 8. The first-order valence-corrected chi connectivity index (χ1v) is 31.1. The van der Waals surface area contributed by atoms with Gasteiger partial charge in [-0.15, -0.1) is 0 Å². The van der Waals surface area contributed by atoms with Crippen molar-refractivity contribution < 1.29 is 91.6 Å². The van der Waals surface area contributed by atoms with Gasteiger partial charge in [-0.25, -0.2) is 4.79 Å². The molecule has 0 saturated heterocycles. The minimum Gasteiger partial charge on any atom is -0.507 e. The number of carbonyl (C=O) groups is 8. The first-order valence-electron chi connectivity index (χ1n) is 31.1. The summed E-state index contributed by atoms with van der Waals surface area (Å²) < 4.78 is 44.5. The van der Waals surface area contributed by atoms with E-state index in [-0.39, 0.29) is 172 Å². The molecule has 24 nitrogen and oxygen atoms in total. The largest absolute Gasteiger partial charge is 0.507 e. The maximum atomic E-state index is 13.9. The van der Waals surface area contributed by atoms with Crippen molar-refractivity contribution in [1.82, 2.24) is 10.6 Å². The lowest BCUT2D eigenvalue weighted by Crippen LogP contribution is -2.60. The van der Waals surface area contributed by atoms with Crippen molar-refractivity contribution in [2.24, 2.45) is 51.9 Å². The van der Waals surface area contributed by atoms with Crippen molar-refractivity contribution in [2.45, 2.75) is 161 Å². The fourth-order valence-electron chi connectivity index (χ4n) is 14.7. The second-order valence-electron chi connectivity index (χ2n) is 24.8. The zero-order valence-electron chi connectivity index (χ0n) is 52.2. The van der Waals surface area contributed by atoms with Gasteiger partial charge in [-0.1, -0.05) is 52.5 Å². The van der Waals surface area contributed by atoms with E-state index in [1.165, 1.54) is 38.5 Å². The Labute approximate surface area is 515 Å². The highest BCUT2D eigenvalue weighted by molar-refractivity contribution is 6.03. The highest BCUT2D eigenvalue weighted by Gasteiger charge is 2.65. The molecule has 0 spiro atoms. The van der Waals surface area contributed by atoms with E-state index in [0.29, 0.717) is 37.5 Å². The van der Waals surface area contributed by atoms with Crippen LogP contribution in [0.25, 0.3) is 0 Å². The molecule has 2 aromatic rings. The summed E-state index contributed by atoms with van der Waals surface area (Å²) in [6.45, 7) is 8.97. The van der Waals surface area contributed by atoms with Gasteiger partial charge in [0.2, 0.25) is 11.8 Å². The van der Waals surface area contributed by atoms with E-state index >= 15 is 0 Å². The predicted molar refractivity (Wildman–Crippen MR) is 322 cm³/mol. The van der Waals surface area contributed by atoms with Crippen LogP contribution in [-0.4, -0.2) is 161 Å². The highest BCUT2D eigenvalue weighted by Crippen LogP contribution is 2.69. The number of nitrogens with one attached hydrogen (secondary N) is 3. The number of alkyl carbamates (subject to hydrolysis) is 1. The molecule has 0 radical (unpaired) electrons. The number of phenols is 2. The van der Waals surface area contributed by atoms with Gasteiger partial charge in [0.25, 0.3) is 11.8 Å². The summed E-state index contributed by atoms with van der Waals surface area (Å²) in [7, 11) is 2.64. The van der Waals surface area contributed by atoms with Crippen LogP contribution in [0, 0.1) is 40.4 Å². The molecule has 88 heavy (non-hydrogen) atoms. The molecule has 0 aliphatic heterocycles. The summed E-state index contributed by atoms with van der Waals surface area (Å²) in [5, 5.41) is 40.8. The number of fused-ring (bicyclic) bond motifs is 5. The van der Waals surface area contributed by atoms with Crippen LogP contribution in [0.1, 0.15) is 163 Å². The number of rotatable bonds is 37. The highest BCUT2D eigenvalue weighted by atomic mass is 16.6. The molecule has 490 valence electrons. The molecule has 4 aliphatic carbocycles. The number of hydrogen-bond donors (Lipinski definition) is 8. The van der Waals surface area contributed by atoms with E-state index in [0.717, 1.165) is 64.2 Å². The van der Waals surface area contributed by atoms with Gasteiger partial charge in [0.15, 0.2) is 17.3 Å². The Morgan fingerprint density at radius 2 is 1.30 bits per heavy atom. The second kappa shape index (κ2) is 33.3. The third-order valence-corrected chi connectivity index (χ3v) is 18.9. The number of unbranched alkanes of at least 4 members (excludes halogenated alkanes) is 3. The standard InChI is InChI=1S/C64H95N5O19/c1-7-8-9-10-23-64(4,80)51-18-14-44-43-35-50(88-54(74)20-19-52(72)67-26-28-84-30-31-85-37-41(71)33-39-13-16-48(81-5)55(57(39)75)59(65)77)46-34-42(21-24-62(46,2)45(43)22-25-63(44,51)3)87-61(79)68-36-40(70)12-11-27-83-29-32-86-38-53(73)69-47-15-17-49(82-6)56(58(47)76)60(66)78/h13,15-17,42-46,50-51,75-76,80H,7-12,14,18-38H2,1-6H3,(H2,65,77)(H2,66,78)(H,67,72)(H,68,79)(H,69,73)/t42-,43-,44-,45-,46+,50-,51-,62+,63-,64-/m0/s1. The minimum absolute atomic E-state index is 0.0430. The number of anilines is 1. The van der Waals surface area contributed by atoms with Crippen molar-refractivity contribution in [3.8, 4) is 23.0 Å². The molecule has 24 heteroatoms. The summed E-state index contributed by atoms with van der Waals surface area (Å²) in [4.78, 5) is 101. The SMILES string of the molecule is CCCCCC[C@](C)(O)[C@H]1CC[C@H]2[C@@H]3C[C@H](OC(=O)CCC(=O)NCCOCCOCC(=O)Cc4ccc(OC)c(C(N)=O)c4O)[C@H]4C[C@@H](OC(=O)NCC(=O)CCCOCCOCC(=O)Nc5ccc(OC)c(C(N)=O)c5O)CC[C@]4(C)[C@H]3CC[C@@]21C. The Hall–Kier alpha value is -6.60. The van der Waals surface area contributed by atoms with Crippen molar-refractivity contribution in [1.29, 1.82) is 0 Å². The molecule has 0 aromatic heterocycles. The minimum atomic E-state index is -0.931. The number of benzene rings is 2. The summed E-state index contributed by atoms with van der Waals surface area (Å²) in [6, 6.07) is 5.65. The van der Waals surface area contributed by atoms with Crippen molar-refractivity contribution in [3.05, 3.63) is 41.0 Å². The van der Waals surface area contributed by atoms with E-state index in [4.69, 9.17) is 49.4 Å². The third kappa shape index (κ3) is 18.7. The molecule has 0 bridgehead atoms. The van der Waals surface area contributed by atoms with Crippen molar-refractivity contribution >= 4 is 52.9 Å². The number of primary amides is 2. The smallest absolute Gasteiger partial charge is 0.407 e. The van der Waals surface area contributed by atoms with Crippen LogP contribution >= 0.6 is 0 Å². The molecule has 4 fully saturated rings. The number of ether oxygens (including phenoxy) is 8. The summed E-state index contributed by atoms with van der Waals surface area (Å²) in [5.41, 5.74) is 9.26. The lowest BCUT2D eigenvalue weighted by Gasteiger charge is -2.63. The molecule has 2 aromatic carbocycles. The fraction of sp³-hybridized carbons (Fsp3) is 0.688. The Bertz CT molecular complexity index is 2740. The molecule has 0 unspecified atom stereocenters. The molecular formula is C64H95N5O19. The van der Waals surface area contributed by atoms with Crippen molar-refractivity contribution in [3.63, 3.8) is 0 Å². The lowest BCUT2D eigenvalue weighted by atomic mass is 9.43. The Morgan fingerprint density at radius 3 is 1.99 bits per heavy atom. The average molecular weight is 1240 g/mol. The first kappa shape index (κ1) is 70.5. The summed E-state index contributed by atoms with van der Waals surface area (Å²) in [6.07, 6.45) is 9.81. The molecule has 0 heterocycles. The van der Waals surface area contributed by atoms with Crippen LogP contribution in [0.4, 0.5) is 10.5 Å². The summed E-state index contributed by atoms with van der Waals surface area (Å²) >= 11 is 0. The Morgan fingerprint density at radius 1 is 0.648 bits per heavy atom. The number of aromatic hydroxyl groups is 2. The third-order valence-electron chi connectivity index (χ3n) is 18.9. The number of amides is 5. The number of hydrogen-bond acceptors (Lipinski definition) is 19. The molecule has 4 saturated carbocycles.